The summed E-state index contributed by atoms with van der Waals surface area (Å²) in [5.41, 5.74) is 0. The number of rotatable bonds is 9. The van der Waals surface area contributed by atoms with Crippen LogP contribution in [0.2, 0.25) is 0 Å². The first-order valence-electron chi connectivity index (χ1n) is 11.6. The minimum Gasteiger partial charge on any atom is -0.394 e. The molecule has 0 spiro atoms. The fourth-order valence-electron chi connectivity index (χ4n) is 4.27. The molecule has 15 atom stereocenters. The van der Waals surface area contributed by atoms with Gasteiger partial charge in [-0.25, -0.2) is 4.79 Å². The van der Waals surface area contributed by atoms with Gasteiger partial charge in [0.2, 0.25) is 0 Å². The van der Waals surface area contributed by atoms with E-state index < -0.39 is 118 Å². The monoisotopic (exact) mass is 562 g/mol. The molecule has 38 heavy (non-hydrogen) atoms. The van der Waals surface area contributed by atoms with Crippen LogP contribution >= 0.6 is 0 Å². The predicted molar refractivity (Wildman–Crippen MR) is 112 cm³/mol. The average molecular weight is 562 g/mol. The van der Waals surface area contributed by atoms with Crippen molar-refractivity contribution in [2.75, 3.05) is 19.8 Å². The van der Waals surface area contributed by atoms with Crippen LogP contribution in [0.15, 0.2) is 0 Å². The quantitative estimate of drug-likeness (QED) is 0.0922. The van der Waals surface area contributed by atoms with Gasteiger partial charge in [-0.2, -0.15) is 4.89 Å². The van der Waals surface area contributed by atoms with Crippen LogP contribution in [0.3, 0.4) is 0 Å². The highest BCUT2D eigenvalue weighted by Gasteiger charge is 2.54. The van der Waals surface area contributed by atoms with Crippen molar-refractivity contribution in [2.45, 2.75) is 99.0 Å². The zero-order valence-electron chi connectivity index (χ0n) is 20.0. The van der Waals surface area contributed by atoms with Crippen molar-refractivity contribution in [3.63, 3.8) is 0 Å². The first kappa shape index (κ1) is 31.4. The summed E-state index contributed by atoms with van der Waals surface area (Å²) < 4.78 is 26.8. The summed E-state index contributed by atoms with van der Waals surface area (Å²) in [6, 6.07) is 0. The molecule has 0 aromatic rings. The number of hydrogen-bond acceptors (Lipinski definition) is 18. The van der Waals surface area contributed by atoms with Crippen LogP contribution < -0.4 is 0 Å². The molecule has 18 heteroatoms. The summed E-state index contributed by atoms with van der Waals surface area (Å²) in [7, 11) is 0. The highest BCUT2D eigenvalue weighted by atomic mass is 17.2. The molecular formula is C20H34O18. The predicted octanol–water partition coefficient (Wildman–Crippen LogP) is -7.07. The van der Waals surface area contributed by atoms with Gasteiger partial charge in [-0.15, -0.1) is 0 Å². The van der Waals surface area contributed by atoms with Gasteiger partial charge in [-0.1, -0.05) is 0 Å². The molecule has 0 amide bonds. The molecule has 0 radical (unpaired) electrons. The number of aliphatic hydroxyl groups excluding tert-OH is 10. The minimum atomic E-state index is -1.96. The first-order chi connectivity index (χ1) is 17.9. The molecule has 3 aliphatic rings. The Kier molecular flexibility index (Phi) is 11.1. The SMILES string of the molecule is CC(=O)OO[C@H]1[C@@H](O[C@H]2[C@H](O)[C@@H](O)[C@@H](O[C@H]3[C@H](O)[C@@H](O)C(O)O[C@@H]3CO)O[C@@H]2CO)O[C@H](CO)[C@@H](O)[C@@H]1O. The Balaban J connectivity index is 1.76. The van der Waals surface area contributed by atoms with E-state index in [4.69, 9.17) is 28.6 Å². The van der Waals surface area contributed by atoms with Gasteiger partial charge in [0, 0.05) is 6.92 Å². The Labute approximate surface area is 214 Å². The molecule has 3 heterocycles. The van der Waals surface area contributed by atoms with E-state index >= 15 is 0 Å². The second-order valence-corrected chi connectivity index (χ2v) is 8.98. The zero-order chi connectivity index (χ0) is 28.3. The van der Waals surface area contributed by atoms with Crippen molar-refractivity contribution in [2.24, 2.45) is 0 Å². The van der Waals surface area contributed by atoms with E-state index in [-0.39, 0.29) is 0 Å². The summed E-state index contributed by atoms with van der Waals surface area (Å²) in [4.78, 5) is 20.4. The lowest BCUT2D eigenvalue weighted by Gasteiger charge is -2.48. The Morgan fingerprint density at radius 2 is 1.08 bits per heavy atom. The number of hydrogen-bond donors (Lipinski definition) is 10. The third-order valence-electron chi connectivity index (χ3n) is 6.34. The Morgan fingerprint density at radius 1 is 0.605 bits per heavy atom. The summed E-state index contributed by atoms with van der Waals surface area (Å²) in [5.74, 6) is -0.938. The van der Waals surface area contributed by atoms with E-state index in [1.807, 2.05) is 0 Å². The number of ether oxygens (including phenoxy) is 5. The molecule has 3 saturated heterocycles. The largest absolute Gasteiger partial charge is 0.394 e. The van der Waals surface area contributed by atoms with E-state index in [2.05, 4.69) is 4.89 Å². The molecule has 0 aliphatic carbocycles. The first-order valence-corrected chi connectivity index (χ1v) is 11.6. The molecule has 0 aromatic carbocycles. The summed E-state index contributed by atoms with van der Waals surface area (Å²) in [5, 5.41) is 101. The lowest BCUT2D eigenvalue weighted by molar-refractivity contribution is -0.410. The van der Waals surface area contributed by atoms with Gasteiger partial charge in [0.1, 0.15) is 67.1 Å². The van der Waals surface area contributed by atoms with Crippen molar-refractivity contribution in [3.8, 4) is 0 Å². The normalized spacial score (nSPS) is 48.0. The van der Waals surface area contributed by atoms with E-state index in [0.717, 1.165) is 6.92 Å². The summed E-state index contributed by atoms with van der Waals surface area (Å²) >= 11 is 0. The molecule has 1 unspecified atom stereocenters. The fourth-order valence-corrected chi connectivity index (χ4v) is 4.27. The van der Waals surface area contributed by atoms with Crippen LogP contribution in [-0.2, 0) is 38.3 Å². The molecule has 18 nitrogen and oxygen atoms in total. The Hall–Kier alpha value is -1.17. The molecule has 0 saturated carbocycles. The van der Waals surface area contributed by atoms with Crippen LogP contribution in [0.1, 0.15) is 6.92 Å². The van der Waals surface area contributed by atoms with E-state index in [1.165, 1.54) is 0 Å². The number of aliphatic hydroxyl groups is 10. The van der Waals surface area contributed by atoms with Crippen molar-refractivity contribution in [3.05, 3.63) is 0 Å². The maximum atomic E-state index is 11.2. The van der Waals surface area contributed by atoms with Gasteiger partial charge in [-0.05, 0) is 0 Å². The number of carbonyl (C=O) groups is 1. The van der Waals surface area contributed by atoms with Crippen LogP contribution in [0.5, 0.6) is 0 Å². The van der Waals surface area contributed by atoms with Crippen LogP contribution in [-0.4, -0.2) is 169 Å². The highest BCUT2D eigenvalue weighted by molar-refractivity contribution is 5.65. The van der Waals surface area contributed by atoms with Crippen molar-refractivity contribution >= 4 is 5.97 Å². The van der Waals surface area contributed by atoms with Crippen molar-refractivity contribution in [1.29, 1.82) is 0 Å². The number of carbonyl (C=O) groups excluding carboxylic acids is 1. The average Bonchev–Trinajstić information content (AvgIpc) is 2.89. The van der Waals surface area contributed by atoms with Crippen molar-refractivity contribution < 1.29 is 89.3 Å². The van der Waals surface area contributed by atoms with Gasteiger partial charge in [0.25, 0.3) is 0 Å². The maximum Gasteiger partial charge on any atom is 0.339 e. The standard InChI is InChI=1S/C20H34O18/c1-5(24)37-38-17-10(26)9(25)6(2-21)33-20(17)36-16-8(4-23)34-19(14(30)12(16)28)35-15-7(3-22)32-18(31)13(29)11(15)27/h6-23,25-31H,2-4H2,1H3/t6-,7-,8-,9-,10+,11-,12-,13-,14-,15-,16-,17-,18?,19-,20-/m1/s1. The summed E-state index contributed by atoms with van der Waals surface area (Å²) in [6.45, 7) is -1.46. The van der Waals surface area contributed by atoms with Crippen LogP contribution in [0, 0.1) is 0 Å². The Bertz CT molecular complexity index is 753. The van der Waals surface area contributed by atoms with Gasteiger partial charge in [0.05, 0.1) is 19.8 Å². The van der Waals surface area contributed by atoms with Gasteiger partial charge >= 0.3 is 5.97 Å². The third kappa shape index (κ3) is 6.58. The molecule has 0 aromatic heterocycles. The van der Waals surface area contributed by atoms with Crippen molar-refractivity contribution in [1.82, 2.24) is 0 Å². The van der Waals surface area contributed by atoms with Gasteiger partial charge in [0.15, 0.2) is 25.0 Å². The molecule has 3 rings (SSSR count). The third-order valence-corrected chi connectivity index (χ3v) is 6.34. The van der Waals surface area contributed by atoms with Crippen LogP contribution in [0.4, 0.5) is 0 Å². The lowest BCUT2D eigenvalue weighted by Crippen LogP contribution is -2.66. The molecule has 222 valence electrons. The lowest BCUT2D eigenvalue weighted by atomic mass is 9.96. The smallest absolute Gasteiger partial charge is 0.339 e. The molecule has 10 N–H and O–H groups in total. The van der Waals surface area contributed by atoms with E-state index in [1.54, 1.807) is 0 Å². The maximum absolute atomic E-state index is 11.2. The highest BCUT2D eigenvalue weighted by Crippen LogP contribution is 2.32. The molecule has 0 bridgehead atoms. The fraction of sp³-hybridized carbons (Fsp3) is 0.950. The van der Waals surface area contributed by atoms with Gasteiger partial charge in [-0.3, -0.25) is 4.89 Å². The minimum absolute atomic E-state index is 0.783. The second-order valence-electron chi connectivity index (χ2n) is 8.98. The molecular weight excluding hydrogens is 528 g/mol. The van der Waals surface area contributed by atoms with E-state index in [9.17, 15) is 55.9 Å². The Morgan fingerprint density at radius 3 is 1.63 bits per heavy atom. The zero-order valence-corrected chi connectivity index (χ0v) is 20.0. The van der Waals surface area contributed by atoms with Crippen LogP contribution in [0.25, 0.3) is 0 Å². The molecule has 3 fully saturated rings. The molecule has 3 aliphatic heterocycles. The summed E-state index contributed by atoms with van der Waals surface area (Å²) in [6.07, 6.45) is -25.7. The van der Waals surface area contributed by atoms with E-state index in [0.29, 0.717) is 0 Å². The topological polar surface area (TPSA) is 284 Å². The van der Waals surface area contributed by atoms with Gasteiger partial charge < -0.3 is 74.7 Å². The second kappa shape index (κ2) is 13.5.